The topological polar surface area (TPSA) is 3.24 Å². The first-order valence-corrected chi connectivity index (χ1v) is 22.7. The van der Waals surface area contributed by atoms with E-state index < -0.39 is 5.41 Å². The average molecular weight is 832 g/mol. The van der Waals surface area contributed by atoms with Gasteiger partial charge < -0.3 is 4.90 Å². The van der Waals surface area contributed by atoms with Crippen molar-refractivity contribution in [3.63, 3.8) is 0 Å². The average Bonchev–Trinajstić information content (AvgIpc) is 3.64. The second-order valence-corrected chi connectivity index (χ2v) is 17.3. The lowest BCUT2D eigenvalue weighted by Gasteiger charge is -2.37. The Morgan fingerprint density at radius 3 is 1.42 bits per heavy atom. The largest absolute Gasteiger partial charge is 0.314 e. The number of hydrogen-bond acceptors (Lipinski definition) is 1. The molecule has 0 heterocycles. The van der Waals surface area contributed by atoms with Gasteiger partial charge in [0.05, 0.1) is 5.41 Å². The van der Waals surface area contributed by atoms with Crippen LogP contribution in [-0.2, 0) is 5.41 Å². The molecule has 0 aliphatic heterocycles. The Morgan fingerprint density at radius 1 is 0.431 bits per heavy atom. The van der Waals surface area contributed by atoms with Crippen LogP contribution in [-0.4, -0.2) is 0 Å². The highest BCUT2D eigenvalue weighted by molar-refractivity contribution is 6.09. The molecule has 0 saturated carbocycles. The zero-order chi connectivity index (χ0) is 43.7. The summed E-state index contributed by atoms with van der Waals surface area (Å²) in [5.41, 5.74) is 16.5. The lowest BCUT2D eigenvalue weighted by atomic mass is 9.66. The molecule has 0 radical (unpaired) electrons. The molecule has 0 amide bonds. The van der Waals surface area contributed by atoms with Gasteiger partial charge in [0.2, 0.25) is 0 Å². The summed E-state index contributed by atoms with van der Waals surface area (Å²) in [6.45, 7) is 4.75. The Labute approximate surface area is 382 Å². The maximum atomic E-state index is 2.57. The standard InChI is InChI=1S/C64H49N/c1-45-56-30-19-20-34-61(56)64(52-26-11-5-12-27-52,53-28-13-6-14-29-53)62(45)44-63(46(2)60-43-51-25-15-16-31-57(51)58-32-17-18-33-59(58)60)65(54-39-35-49(36-40-54)47-21-7-3-8-22-47)55-41-37-50(38-42-55)48-23-9-4-10-24-48/h3-44,46H,1-2H3/b63-44+. The lowest BCUT2D eigenvalue weighted by molar-refractivity contribution is 0.753. The SMILES string of the molecule is CC1=C(/C=C(\C(C)c2cc3ccccc3c3ccccc23)N(c2ccc(-c3ccccc3)cc2)c2ccc(-c3ccccc3)cc2)C(c2ccccc2)(c2ccccc2)c2ccccc21. The molecular weight excluding hydrogens is 783 g/mol. The quantitative estimate of drug-likeness (QED) is 0.124. The normalized spacial score (nSPS) is 13.8. The van der Waals surface area contributed by atoms with E-state index in [0.717, 1.165) is 11.4 Å². The Morgan fingerprint density at radius 2 is 0.862 bits per heavy atom. The minimum atomic E-state index is -0.584. The third-order valence-electron chi connectivity index (χ3n) is 13.7. The number of allylic oxidation sites excluding steroid dienone is 4. The minimum absolute atomic E-state index is 0.0691. The van der Waals surface area contributed by atoms with Crippen LogP contribution in [0.2, 0.25) is 0 Å². The molecule has 1 nitrogen and oxygen atoms in total. The molecule has 0 aromatic heterocycles. The summed E-state index contributed by atoms with van der Waals surface area (Å²) in [6, 6.07) is 91.3. The van der Waals surface area contributed by atoms with Gasteiger partial charge in [0.25, 0.3) is 0 Å². The summed E-state index contributed by atoms with van der Waals surface area (Å²) < 4.78 is 0. The fourth-order valence-corrected chi connectivity index (χ4v) is 10.5. The molecular formula is C64H49N. The molecule has 1 atom stereocenters. The van der Waals surface area contributed by atoms with Crippen LogP contribution in [0.5, 0.6) is 0 Å². The van der Waals surface area contributed by atoms with Gasteiger partial charge in [-0.2, -0.15) is 0 Å². The summed E-state index contributed by atoms with van der Waals surface area (Å²) in [4.78, 5) is 2.53. The van der Waals surface area contributed by atoms with E-state index in [2.05, 4.69) is 274 Å². The smallest absolute Gasteiger partial charge is 0.0710 e. The third kappa shape index (κ3) is 6.98. The van der Waals surface area contributed by atoms with Gasteiger partial charge in [-0.3, -0.25) is 0 Å². The molecule has 0 saturated heterocycles. The highest BCUT2D eigenvalue weighted by atomic mass is 15.2. The zero-order valence-electron chi connectivity index (χ0n) is 36.8. The maximum Gasteiger partial charge on any atom is 0.0710 e. The van der Waals surface area contributed by atoms with E-state index in [9.17, 15) is 0 Å². The molecule has 11 rings (SSSR count). The van der Waals surface area contributed by atoms with Gasteiger partial charge in [-0.1, -0.05) is 225 Å². The van der Waals surface area contributed by atoms with Crippen molar-refractivity contribution < 1.29 is 0 Å². The van der Waals surface area contributed by atoms with Crippen LogP contribution in [0.4, 0.5) is 11.4 Å². The predicted molar refractivity (Wildman–Crippen MR) is 276 cm³/mol. The van der Waals surface area contributed by atoms with E-state index in [-0.39, 0.29) is 5.92 Å². The maximum absolute atomic E-state index is 2.57. The predicted octanol–water partition coefficient (Wildman–Crippen LogP) is 17.0. The highest BCUT2D eigenvalue weighted by Gasteiger charge is 2.46. The van der Waals surface area contributed by atoms with Crippen molar-refractivity contribution >= 4 is 38.5 Å². The second kappa shape index (κ2) is 16.9. The number of hydrogen-bond donors (Lipinski definition) is 0. The van der Waals surface area contributed by atoms with E-state index in [1.807, 2.05) is 0 Å². The summed E-state index contributed by atoms with van der Waals surface area (Å²) >= 11 is 0. The second-order valence-electron chi connectivity index (χ2n) is 17.3. The molecule has 310 valence electrons. The first-order valence-electron chi connectivity index (χ1n) is 22.7. The summed E-state index contributed by atoms with van der Waals surface area (Å²) in [5.74, 6) is -0.0691. The Bertz CT molecular complexity index is 3220. The molecule has 10 aromatic rings. The molecule has 1 aliphatic rings. The van der Waals surface area contributed by atoms with Crippen LogP contribution in [0, 0.1) is 0 Å². The first kappa shape index (κ1) is 39.8. The third-order valence-corrected chi connectivity index (χ3v) is 13.7. The van der Waals surface area contributed by atoms with Crippen molar-refractivity contribution in [1.82, 2.24) is 0 Å². The molecule has 0 fully saturated rings. The number of nitrogens with zero attached hydrogens (tertiary/aromatic N) is 1. The lowest BCUT2D eigenvalue weighted by Crippen LogP contribution is -2.30. The molecule has 0 bridgehead atoms. The van der Waals surface area contributed by atoms with Crippen LogP contribution < -0.4 is 4.90 Å². The van der Waals surface area contributed by atoms with Gasteiger partial charge in [0.15, 0.2) is 0 Å². The first-order chi connectivity index (χ1) is 32.1. The fraction of sp³-hybridized carbons (Fsp3) is 0.0625. The summed E-state index contributed by atoms with van der Waals surface area (Å²) in [6.07, 6.45) is 2.57. The molecule has 1 unspecified atom stereocenters. The van der Waals surface area contributed by atoms with E-state index >= 15 is 0 Å². The van der Waals surface area contributed by atoms with Crippen molar-refractivity contribution in [2.45, 2.75) is 25.2 Å². The van der Waals surface area contributed by atoms with Gasteiger partial charge in [0.1, 0.15) is 0 Å². The number of rotatable bonds is 10. The van der Waals surface area contributed by atoms with E-state index in [4.69, 9.17) is 0 Å². The van der Waals surface area contributed by atoms with Gasteiger partial charge in [-0.25, -0.2) is 0 Å². The van der Waals surface area contributed by atoms with Gasteiger partial charge in [0, 0.05) is 23.0 Å². The van der Waals surface area contributed by atoms with Crippen molar-refractivity contribution in [1.29, 1.82) is 0 Å². The van der Waals surface area contributed by atoms with E-state index in [1.165, 1.54) is 88.5 Å². The summed E-state index contributed by atoms with van der Waals surface area (Å²) in [5, 5.41) is 5.04. The fourth-order valence-electron chi connectivity index (χ4n) is 10.5. The van der Waals surface area contributed by atoms with Crippen LogP contribution in [0.15, 0.2) is 266 Å². The van der Waals surface area contributed by atoms with Crippen molar-refractivity contribution in [2.75, 3.05) is 4.90 Å². The number of benzene rings is 10. The molecule has 1 heteroatoms. The van der Waals surface area contributed by atoms with E-state index in [1.54, 1.807) is 0 Å². The Hall–Kier alpha value is -8.00. The van der Waals surface area contributed by atoms with Gasteiger partial charge in [-0.05, 0) is 126 Å². The highest BCUT2D eigenvalue weighted by Crippen LogP contribution is 2.56. The van der Waals surface area contributed by atoms with Gasteiger partial charge >= 0.3 is 0 Å². The van der Waals surface area contributed by atoms with E-state index in [0.29, 0.717) is 0 Å². The van der Waals surface area contributed by atoms with Crippen LogP contribution in [0.3, 0.4) is 0 Å². The Kier molecular flexibility index (Phi) is 10.4. The zero-order valence-corrected chi connectivity index (χ0v) is 36.8. The monoisotopic (exact) mass is 831 g/mol. The van der Waals surface area contributed by atoms with Crippen molar-refractivity contribution in [2.24, 2.45) is 0 Å². The minimum Gasteiger partial charge on any atom is -0.314 e. The molecule has 0 spiro atoms. The Balaban J connectivity index is 1.22. The molecule has 1 aliphatic carbocycles. The van der Waals surface area contributed by atoms with Crippen LogP contribution in [0.1, 0.15) is 47.6 Å². The van der Waals surface area contributed by atoms with Crippen LogP contribution >= 0.6 is 0 Å². The number of anilines is 2. The molecule has 0 N–H and O–H groups in total. The number of fused-ring (bicyclic) bond motifs is 4. The molecule has 65 heavy (non-hydrogen) atoms. The molecule has 10 aromatic carbocycles. The summed E-state index contributed by atoms with van der Waals surface area (Å²) in [7, 11) is 0. The van der Waals surface area contributed by atoms with Crippen LogP contribution in [0.25, 0.3) is 49.4 Å². The van der Waals surface area contributed by atoms with Gasteiger partial charge in [-0.15, -0.1) is 0 Å². The van der Waals surface area contributed by atoms with Crippen molar-refractivity contribution in [3.05, 3.63) is 294 Å². The van der Waals surface area contributed by atoms with Crippen molar-refractivity contribution in [3.8, 4) is 22.3 Å².